The van der Waals surface area contributed by atoms with Crippen LogP contribution in [-0.4, -0.2) is 58.8 Å². The number of piperazine rings is 1. The van der Waals surface area contributed by atoms with Crippen molar-refractivity contribution in [3.8, 4) is 0 Å². The highest BCUT2D eigenvalue weighted by atomic mass is 35.5. The first-order valence-corrected chi connectivity index (χ1v) is 10.6. The van der Waals surface area contributed by atoms with Gasteiger partial charge in [-0.15, -0.1) is 12.4 Å². The smallest absolute Gasteiger partial charge is 0.273 e. The van der Waals surface area contributed by atoms with Gasteiger partial charge in [0.2, 0.25) is 5.95 Å². The van der Waals surface area contributed by atoms with Crippen LogP contribution in [-0.2, 0) is 11.2 Å². The van der Waals surface area contributed by atoms with Crippen LogP contribution in [0.4, 0.5) is 23.3 Å². The predicted octanol–water partition coefficient (Wildman–Crippen LogP) is 2.30. The van der Waals surface area contributed by atoms with E-state index in [9.17, 15) is 4.79 Å². The Hall–Kier alpha value is -2.78. The number of pyridine rings is 1. The topological polar surface area (TPSA) is 110 Å². The van der Waals surface area contributed by atoms with Gasteiger partial charge < -0.3 is 15.5 Å². The third-order valence-corrected chi connectivity index (χ3v) is 6.07. The second-order valence-corrected chi connectivity index (χ2v) is 8.07. The van der Waals surface area contributed by atoms with E-state index in [4.69, 9.17) is 5.41 Å². The van der Waals surface area contributed by atoms with Gasteiger partial charge >= 0.3 is 0 Å². The summed E-state index contributed by atoms with van der Waals surface area (Å²) in [5.41, 5.74) is 2.05. The molecule has 0 bridgehead atoms. The standard InChI is InChI=1S/C21H26N8O.ClH/c22-17-11-14-12-25-21(27-19(14)29(20(17)30)15-3-1-2-4-15)26-18-6-5-16(13-24-18)28-9-7-23-8-10-28;/h5-6,12-13,15,22-23H,1-4,7-11H2,(H,24,25,26,27);1H. The molecule has 2 aliphatic heterocycles. The average molecular weight is 443 g/mol. The van der Waals surface area contributed by atoms with Crippen LogP contribution in [0.1, 0.15) is 31.2 Å². The Morgan fingerprint density at radius 2 is 1.87 bits per heavy atom. The summed E-state index contributed by atoms with van der Waals surface area (Å²) in [6.07, 6.45) is 8.01. The fraction of sp³-hybridized carbons (Fsp3) is 0.476. The number of hydrogen-bond donors (Lipinski definition) is 3. The number of nitrogens with zero attached hydrogens (tertiary/aromatic N) is 5. The van der Waals surface area contributed by atoms with Crippen LogP contribution in [0.5, 0.6) is 0 Å². The highest BCUT2D eigenvalue weighted by molar-refractivity contribution is 6.44. The zero-order valence-electron chi connectivity index (χ0n) is 17.3. The molecule has 1 aliphatic carbocycles. The minimum absolute atomic E-state index is 0. The number of rotatable bonds is 4. The lowest BCUT2D eigenvalue weighted by molar-refractivity contribution is -0.113. The Morgan fingerprint density at radius 1 is 1.10 bits per heavy atom. The van der Waals surface area contributed by atoms with E-state index >= 15 is 0 Å². The number of nitrogens with one attached hydrogen (secondary N) is 3. The quantitative estimate of drug-likeness (QED) is 0.666. The number of carbonyl (C=O) groups excluding carboxylic acids is 1. The molecule has 1 saturated carbocycles. The Bertz CT molecular complexity index is 954. The summed E-state index contributed by atoms with van der Waals surface area (Å²) in [6.45, 7) is 3.91. The van der Waals surface area contributed by atoms with Gasteiger partial charge in [-0.2, -0.15) is 4.98 Å². The number of carbonyl (C=O) groups is 1. The molecule has 3 N–H and O–H groups in total. The Balaban J connectivity index is 0.00000231. The predicted molar refractivity (Wildman–Crippen MR) is 123 cm³/mol. The fourth-order valence-corrected chi connectivity index (χ4v) is 4.48. The van der Waals surface area contributed by atoms with Crippen molar-refractivity contribution in [2.45, 2.75) is 38.1 Å². The van der Waals surface area contributed by atoms with Gasteiger partial charge in [-0.1, -0.05) is 12.8 Å². The van der Waals surface area contributed by atoms with Crippen LogP contribution in [0.25, 0.3) is 0 Å². The van der Waals surface area contributed by atoms with Gasteiger partial charge in [0.25, 0.3) is 5.91 Å². The summed E-state index contributed by atoms with van der Waals surface area (Å²) in [5, 5.41) is 14.6. The molecule has 2 aromatic rings. The van der Waals surface area contributed by atoms with Crippen molar-refractivity contribution in [2.24, 2.45) is 0 Å². The molecule has 3 aliphatic rings. The van der Waals surface area contributed by atoms with Crippen LogP contribution in [0.3, 0.4) is 0 Å². The van der Waals surface area contributed by atoms with E-state index in [2.05, 4.69) is 36.6 Å². The molecular weight excluding hydrogens is 416 g/mol. The molecule has 0 aromatic carbocycles. The minimum atomic E-state index is -0.224. The van der Waals surface area contributed by atoms with Crippen LogP contribution in [0, 0.1) is 5.41 Å². The zero-order chi connectivity index (χ0) is 20.5. The average Bonchev–Trinajstić information content (AvgIpc) is 3.30. The molecule has 31 heavy (non-hydrogen) atoms. The molecule has 9 nitrogen and oxygen atoms in total. The molecule has 4 heterocycles. The van der Waals surface area contributed by atoms with Crippen LogP contribution in [0.15, 0.2) is 24.5 Å². The van der Waals surface area contributed by atoms with Gasteiger partial charge in [0.15, 0.2) is 0 Å². The number of fused-ring (bicyclic) bond motifs is 1. The van der Waals surface area contributed by atoms with Crippen molar-refractivity contribution in [2.75, 3.05) is 41.3 Å². The molecule has 5 rings (SSSR count). The van der Waals surface area contributed by atoms with Crippen LogP contribution in [0.2, 0.25) is 0 Å². The Kier molecular flexibility index (Phi) is 6.33. The number of amides is 1. The van der Waals surface area contributed by atoms with Crippen molar-refractivity contribution < 1.29 is 4.79 Å². The van der Waals surface area contributed by atoms with E-state index in [1.54, 1.807) is 11.1 Å². The van der Waals surface area contributed by atoms with Crippen molar-refractivity contribution in [1.82, 2.24) is 20.3 Å². The van der Waals surface area contributed by atoms with E-state index < -0.39 is 0 Å². The molecule has 164 valence electrons. The second-order valence-electron chi connectivity index (χ2n) is 8.07. The Labute approximate surface area is 187 Å². The minimum Gasteiger partial charge on any atom is -0.368 e. The summed E-state index contributed by atoms with van der Waals surface area (Å²) in [5.74, 6) is 1.49. The number of anilines is 4. The molecular formula is C21H27ClN8O. The zero-order valence-corrected chi connectivity index (χ0v) is 18.1. The van der Waals surface area contributed by atoms with Crippen molar-refractivity contribution in [1.29, 1.82) is 5.41 Å². The molecule has 1 amide bonds. The fourth-order valence-electron chi connectivity index (χ4n) is 4.48. The third-order valence-electron chi connectivity index (χ3n) is 6.07. The largest absolute Gasteiger partial charge is 0.368 e. The van der Waals surface area contributed by atoms with E-state index in [1.165, 1.54) is 0 Å². The lowest BCUT2D eigenvalue weighted by Gasteiger charge is -2.33. The first kappa shape index (κ1) is 21.5. The van der Waals surface area contributed by atoms with E-state index in [0.717, 1.165) is 63.1 Å². The van der Waals surface area contributed by atoms with Gasteiger partial charge in [-0.3, -0.25) is 15.1 Å². The van der Waals surface area contributed by atoms with Gasteiger partial charge in [-0.05, 0) is 25.0 Å². The number of aromatic nitrogens is 3. The molecule has 0 unspecified atom stereocenters. The summed E-state index contributed by atoms with van der Waals surface area (Å²) in [4.78, 5) is 30.3. The third kappa shape index (κ3) is 4.33. The molecule has 0 radical (unpaired) electrons. The van der Waals surface area contributed by atoms with Crippen LogP contribution >= 0.6 is 12.4 Å². The summed E-state index contributed by atoms with van der Waals surface area (Å²) < 4.78 is 0. The molecule has 0 atom stereocenters. The van der Waals surface area contributed by atoms with E-state index in [-0.39, 0.29) is 36.5 Å². The molecule has 2 fully saturated rings. The van der Waals surface area contributed by atoms with Gasteiger partial charge in [0, 0.05) is 50.4 Å². The van der Waals surface area contributed by atoms with Crippen molar-refractivity contribution in [3.63, 3.8) is 0 Å². The molecule has 10 heteroatoms. The van der Waals surface area contributed by atoms with Crippen LogP contribution < -0.4 is 20.4 Å². The normalized spacial score (nSPS) is 19.2. The maximum Gasteiger partial charge on any atom is 0.273 e. The second kappa shape index (κ2) is 9.15. The molecule has 2 aromatic heterocycles. The highest BCUT2D eigenvalue weighted by Gasteiger charge is 2.36. The first-order valence-electron chi connectivity index (χ1n) is 10.6. The lowest BCUT2D eigenvalue weighted by atomic mass is 10.0. The van der Waals surface area contributed by atoms with Crippen molar-refractivity contribution in [3.05, 3.63) is 30.1 Å². The van der Waals surface area contributed by atoms with Gasteiger partial charge in [-0.25, -0.2) is 9.97 Å². The summed E-state index contributed by atoms with van der Waals surface area (Å²) in [7, 11) is 0. The number of hydrogen-bond acceptors (Lipinski definition) is 8. The highest BCUT2D eigenvalue weighted by Crippen LogP contribution is 2.33. The SMILES string of the molecule is Cl.N=C1Cc2cnc(Nc3ccc(N4CCNCC4)cn3)nc2N(C2CCCC2)C1=O. The van der Waals surface area contributed by atoms with Crippen molar-refractivity contribution >= 4 is 47.3 Å². The summed E-state index contributed by atoms with van der Waals surface area (Å²) in [6, 6.07) is 4.10. The molecule has 0 spiro atoms. The maximum atomic E-state index is 12.7. The van der Waals surface area contributed by atoms with Gasteiger partial charge in [0.05, 0.1) is 11.9 Å². The number of halogens is 1. The summed E-state index contributed by atoms with van der Waals surface area (Å²) >= 11 is 0. The van der Waals surface area contributed by atoms with E-state index in [1.807, 2.05) is 12.3 Å². The Morgan fingerprint density at radius 3 is 2.58 bits per heavy atom. The lowest BCUT2D eigenvalue weighted by Crippen LogP contribution is -2.47. The van der Waals surface area contributed by atoms with E-state index in [0.29, 0.717) is 17.6 Å². The van der Waals surface area contributed by atoms with Gasteiger partial charge in [0.1, 0.15) is 17.3 Å². The maximum absolute atomic E-state index is 12.7. The first-order chi connectivity index (χ1) is 14.7. The monoisotopic (exact) mass is 442 g/mol. The molecule has 1 saturated heterocycles.